The molecule has 2 rings (SSSR count). The fraction of sp³-hybridized carbons (Fsp3) is 0.286. The minimum Gasteiger partial charge on any atom is -0.363 e. The molecule has 0 radical (unpaired) electrons. The van der Waals surface area contributed by atoms with E-state index in [1.54, 1.807) is 6.20 Å². The van der Waals surface area contributed by atoms with Crippen molar-refractivity contribution in [1.29, 1.82) is 0 Å². The van der Waals surface area contributed by atoms with Gasteiger partial charge in [0.1, 0.15) is 12.0 Å². The number of aromatic nitrogens is 2. The van der Waals surface area contributed by atoms with Crippen LogP contribution in [0.5, 0.6) is 0 Å². The van der Waals surface area contributed by atoms with Gasteiger partial charge in [-0.25, -0.2) is 9.97 Å². The second-order valence-electron chi connectivity index (χ2n) is 2.46. The predicted octanol–water partition coefficient (Wildman–Crippen LogP) is 0.994. The molecule has 0 saturated heterocycles. The first kappa shape index (κ1) is 6.27. The number of hydrogen-bond donors (Lipinski definition) is 1. The third kappa shape index (κ3) is 1.07. The van der Waals surface area contributed by atoms with E-state index in [1.807, 2.05) is 6.92 Å². The van der Waals surface area contributed by atoms with Crippen molar-refractivity contribution in [3.05, 3.63) is 12.5 Å². The maximum absolute atomic E-state index is 4.27. The number of hydrogen-bond acceptors (Lipinski definition) is 4. The van der Waals surface area contributed by atoms with Crippen molar-refractivity contribution < 1.29 is 0 Å². The lowest BCUT2D eigenvalue weighted by atomic mass is 10.3. The minimum absolute atomic E-state index is 0.782. The number of nitrogens with one attached hydrogen (secondary N) is 1. The Kier molecular flexibility index (Phi) is 1.31. The molecule has 1 aromatic rings. The summed E-state index contributed by atoms with van der Waals surface area (Å²) in [6, 6.07) is 0. The van der Waals surface area contributed by atoms with E-state index in [0.717, 1.165) is 23.8 Å². The topological polar surface area (TPSA) is 50.2 Å². The van der Waals surface area contributed by atoms with Crippen LogP contribution in [-0.4, -0.2) is 22.2 Å². The number of anilines is 1. The summed E-state index contributed by atoms with van der Waals surface area (Å²) in [5.41, 5.74) is 1.89. The molecule has 0 amide bonds. The Hall–Kier alpha value is -1.45. The van der Waals surface area contributed by atoms with Gasteiger partial charge in [-0.05, 0) is 6.92 Å². The first-order valence-corrected chi connectivity index (χ1v) is 3.44. The van der Waals surface area contributed by atoms with Crippen molar-refractivity contribution in [2.75, 3.05) is 11.9 Å². The number of nitrogens with zero attached hydrogens (tertiary/aromatic N) is 3. The van der Waals surface area contributed by atoms with Crippen LogP contribution in [0.1, 0.15) is 6.92 Å². The Balaban J connectivity index is 2.51. The van der Waals surface area contributed by atoms with E-state index < -0.39 is 0 Å². The maximum atomic E-state index is 4.27. The molecule has 56 valence electrons. The molecular weight excluding hydrogens is 140 g/mol. The van der Waals surface area contributed by atoms with Crippen LogP contribution >= 0.6 is 0 Å². The highest BCUT2D eigenvalue weighted by atomic mass is 15.1. The summed E-state index contributed by atoms with van der Waals surface area (Å²) >= 11 is 0. The summed E-state index contributed by atoms with van der Waals surface area (Å²) in [4.78, 5) is 12.2. The smallest absolute Gasteiger partial charge is 0.155 e. The highest BCUT2D eigenvalue weighted by Gasteiger charge is 2.07. The van der Waals surface area contributed by atoms with Crippen LogP contribution in [0.25, 0.3) is 0 Å². The molecule has 1 aromatic heterocycles. The van der Waals surface area contributed by atoms with E-state index >= 15 is 0 Å². The van der Waals surface area contributed by atoms with Crippen LogP contribution in [0, 0.1) is 0 Å². The molecule has 0 unspecified atom stereocenters. The highest BCUT2D eigenvalue weighted by Crippen LogP contribution is 2.22. The monoisotopic (exact) mass is 148 g/mol. The number of rotatable bonds is 0. The zero-order valence-corrected chi connectivity index (χ0v) is 6.20. The first-order chi connectivity index (χ1) is 5.36. The molecule has 0 fully saturated rings. The van der Waals surface area contributed by atoms with Crippen molar-refractivity contribution >= 4 is 17.2 Å². The average molecular weight is 148 g/mol. The summed E-state index contributed by atoms with van der Waals surface area (Å²) in [5, 5.41) is 3.13. The van der Waals surface area contributed by atoms with Crippen LogP contribution in [0.3, 0.4) is 0 Å². The van der Waals surface area contributed by atoms with E-state index in [0.29, 0.717) is 0 Å². The van der Waals surface area contributed by atoms with Crippen molar-refractivity contribution in [1.82, 2.24) is 9.97 Å². The van der Waals surface area contributed by atoms with Gasteiger partial charge in [0.25, 0.3) is 0 Å². The Bertz CT molecular complexity index is 305. The SMILES string of the molecule is CC1=Nc2cncnc2NC1. The summed E-state index contributed by atoms with van der Waals surface area (Å²) in [6.07, 6.45) is 3.22. The first-order valence-electron chi connectivity index (χ1n) is 3.44. The largest absolute Gasteiger partial charge is 0.363 e. The van der Waals surface area contributed by atoms with Gasteiger partial charge in [0.15, 0.2) is 5.82 Å². The number of aliphatic imine (C=N–C) groups is 1. The fourth-order valence-corrected chi connectivity index (χ4v) is 0.997. The summed E-state index contributed by atoms with van der Waals surface area (Å²) < 4.78 is 0. The lowest BCUT2D eigenvalue weighted by Gasteiger charge is -2.12. The molecule has 0 saturated carbocycles. The lowest BCUT2D eigenvalue weighted by Crippen LogP contribution is -2.15. The van der Waals surface area contributed by atoms with Gasteiger partial charge in [-0.15, -0.1) is 0 Å². The van der Waals surface area contributed by atoms with Gasteiger partial charge < -0.3 is 5.32 Å². The molecule has 0 spiro atoms. The molecule has 4 heteroatoms. The Morgan fingerprint density at radius 2 is 2.45 bits per heavy atom. The van der Waals surface area contributed by atoms with Crippen LogP contribution in [0.4, 0.5) is 11.5 Å². The highest BCUT2D eigenvalue weighted by molar-refractivity contribution is 5.92. The van der Waals surface area contributed by atoms with Crippen LogP contribution < -0.4 is 5.32 Å². The van der Waals surface area contributed by atoms with Crippen LogP contribution in [0.2, 0.25) is 0 Å². The van der Waals surface area contributed by atoms with E-state index in [-0.39, 0.29) is 0 Å². The van der Waals surface area contributed by atoms with Crippen molar-refractivity contribution in [3.8, 4) is 0 Å². The second kappa shape index (κ2) is 2.30. The van der Waals surface area contributed by atoms with Gasteiger partial charge >= 0.3 is 0 Å². The molecule has 0 atom stereocenters. The van der Waals surface area contributed by atoms with Gasteiger partial charge in [-0.2, -0.15) is 0 Å². The Labute approximate surface area is 64.4 Å². The zero-order valence-electron chi connectivity index (χ0n) is 6.20. The van der Waals surface area contributed by atoms with E-state index in [2.05, 4.69) is 20.3 Å². The Morgan fingerprint density at radius 1 is 1.55 bits per heavy atom. The van der Waals surface area contributed by atoms with E-state index in [4.69, 9.17) is 0 Å². The third-order valence-electron chi connectivity index (χ3n) is 1.52. The standard InChI is InChI=1S/C7H8N4/c1-5-2-9-7-6(11-5)3-8-4-10-7/h3-4H,2H2,1H3,(H,8,9,10). The van der Waals surface area contributed by atoms with Gasteiger partial charge in [0.2, 0.25) is 0 Å². The van der Waals surface area contributed by atoms with Gasteiger partial charge in [-0.3, -0.25) is 4.99 Å². The Morgan fingerprint density at radius 3 is 3.36 bits per heavy atom. The molecular formula is C7H8N4. The van der Waals surface area contributed by atoms with Gasteiger partial charge in [0.05, 0.1) is 12.7 Å². The molecule has 11 heavy (non-hydrogen) atoms. The third-order valence-corrected chi connectivity index (χ3v) is 1.52. The van der Waals surface area contributed by atoms with Gasteiger partial charge in [0, 0.05) is 5.71 Å². The zero-order chi connectivity index (χ0) is 7.68. The molecule has 1 aliphatic rings. The molecule has 1 N–H and O–H groups in total. The van der Waals surface area contributed by atoms with Gasteiger partial charge in [-0.1, -0.05) is 0 Å². The fourth-order valence-electron chi connectivity index (χ4n) is 0.997. The van der Waals surface area contributed by atoms with E-state index in [1.165, 1.54) is 6.33 Å². The molecule has 0 aliphatic carbocycles. The van der Waals surface area contributed by atoms with Crippen molar-refractivity contribution in [2.24, 2.45) is 4.99 Å². The summed E-state index contributed by atoms with van der Waals surface area (Å²) in [5.74, 6) is 0.825. The molecule has 1 aliphatic heterocycles. The minimum atomic E-state index is 0.782. The van der Waals surface area contributed by atoms with E-state index in [9.17, 15) is 0 Å². The maximum Gasteiger partial charge on any atom is 0.155 e. The van der Waals surface area contributed by atoms with Crippen LogP contribution in [0.15, 0.2) is 17.5 Å². The predicted molar refractivity (Wildman–Crippen MR) is 43.3 cm³/mol. The number of fused-ring (bicyclic) bond motifs is 1. The quantitative estimate of drug-likeness (QED) is 0.597. The van der Waals surface area contributed by atoms with Crippen molar-refractivity contribution in [2.45, 2.75) is 6.92 Å². The normalized spacial score (nSPS) is 14.8. The van der Waals surface area contributed by atoms with Crippen LogP contribution in [-0.2, 0) is 0 Å². The second-order valence-corrected chi connectivity index (χ2v) is 2.46. The summed E-state index contributed by atoms with van der Waals surface area (Å²) in [6.45, 7) is 2.76. The average Bonchev–Trinajstić information content (AvgIpc) is 2.04. The molecule has 2 heterocycles. The van der Waals surface area contributed by atoms with Crippen molar-refractivity contribution in [3.63, 3.8) is 0 Å². The summed E-state index contributed by atoms with van der Waals surface area (Å²) in [7, 11) is 0. The lowest BCUT2D eigenvalue weighted by molar-refractivity contribution is 1.12. The molecule has 4 nitrogen and oxygen atoms in total. The molecule has 0 bridgehead atoms. The molecule has 0 aromatic carbocycles.